The Morgan fingerprint density at radius 2 is 2.15 bits per heavy atom. The Labute approximate surface area is 90.8 Å². The monoisotopic (exact) mass is 218 g/mol. The minimum absolute atomic E-state index is 0.837. The molecular weight excluding hydrogens is 200 g/mol. The second kappa shape index (κ2) is 4.93. The molecule has 0 heterocycles. The summed E-state index contributed by atoms with van der Waals surface area (Å²) < 4.78 is 0. The van der Waals surface area contributed by atoms with Crippen molar-refractivity contribution in [2.45, 2.75) is 32.1 Å². The van der Waals surface area contributed by atoms with Gasteiger partial charge in [0.25, 0.3) is 0 Å². The molecule has 0 nitrogen and oxygen atoms in total. The van der Waals surface area contributed by atoms with Crippen molar-refractivity contribution in [3.63, 3.8) is 0 Å². The van der Waals surface area contributed by atoms with Crippen LogP contribution in [0.5, 0.6) is 0 Å². The summed E-state index contributed by atoms with van der Waals surface area (Å²) in [5, 5.41) is 0. The van der Waals surface area contributed by atoms with Crippen molar-refractivity contribution >= 4 is 23.4 Å². The Kier molecular flexibility index (Phi) is 3.86. The van der Waals surface area contributed by atoms with Crippen molar-refractivity contribution in [3.8, 4) is 0 Å². The highest BCUT2D eigenvalue weighted by Gasteiger charge is 2.38. The van der Waals surface area contributed by atoms with E-state index in [9.17, 15) is 0 Å². The highest BCUT2D eigenvalue weighted by Crippen LogP contribution is 2.49. The molecule has 0 saturated heterocycles. The van der Waals surface area contributed by atoms with Crippen LogP contribution in [0.1, 0.15) is 32.1 Å². The van der Waals surface area contributed by atoms with E-state index in [1.807, 2.05) is 0 Å². The SMILES string of the molecule is ClCCCSCC1CC2CCC1C2. The molecule has 3 unspecified atom stereocenters. The maximum Gasteiger partial charge on any atom is 0.0231 e. The second-order valence-corrected chi connectivity index (χ2v) is 6.08. The number of hydrogen-bond donors (Lipinski definition) is 0. The summed E-state index contributed by atoms with van der Waals surface area (Å²) in [4.78, 5) is 0. The Hall–Kier alpha value is 0.640. The lowest BCUT2D eigenvalue weighted by molar-refractivity contribution is 0.365. The van der Waals surface area contributed by atoms with Crippen molar-refractivity contribution in [2.75, 3.05) is 17.4 Å². The van der Waals surface area contributed by atoms with E-state index in [1.54, 1.807) is 12.8 Å². The van der Waals surface area contributed by atoms with Gasteiger partial charge in [0.2, 0.25) is 0 Å². The molecule has 2 aliphatic rings. The van der Waals surface area contributed by atoms with E-state index in [4.69, 9.17) is 11.6 Å². The predicted molar refractivity (Wildman–Crippen MR) is 61.6 cm³/mol. The molecule has 0 aliphatic heterocycles. The summed E-state index contributed by atoms with van der Waals surface area (Å²) >= 11 is 7.78. The van der Waals surface area contributed by atoms with E-state index in [1.165, 1.54) is 30.8 Å². The Balaban J connectivity index is 1.60. The molecule has 2 aliphatic carbocycles. The van der Waals surface area contributed by atoms with E-state index in [-0.39, 0.29) is 0 Å². The minimum Gasteiger partial charge on any atom is -0.162 e. The molecule has 0 N–H and O–H groups in total. The smallest absolute Gasteiger partial charge is 0.0231 e. The van der Waals surface area contributed by atoms with Crippen LogP contribution in [0.25, 0.3) is 0 Å². The number of fused-ring (bicyclic) bond motifs is 2. The van der Waals surface area contributed by atoms with Gasteiger partial charge in [-0.2, -0.15) is 11.8 Å². The van der Waals surface area contributed by atoms with Crippen molar-refractivity contribution in [1.82, 2.24) is 0 Å². The Morgan fingerprint density at radius 1 is 1.23 bits per heavy atom. The number of alkyl halides is 1. The third-order valence-electron chi connectivity index (χ3n) is 3.64. The second-order valence-electron chi connectivity index (χ2n) is 4.55. The van der Waals surface area contributed by atoms with Crippen molar-refractivity contribution in [1.29, 1.82) is 0 Å². The molecule has 0 amide bonds. The van der Waals surface area contributed by atoms with Gasteiger partial charge in [0.05, 0.1) is 0 Å². The zero-order chi connectivity index (χ0) is 9.10. The first-order valence-electron chi connectivity index (χ1n) is 5.54. The molecule has 0 radical (unpaired) electrons. The molecular formula is C11H19ClS. The summed E-state index contributed by atoms with van der Waals surface area (Å²) in [7, 11) is 0. The van der Waals surface area contributed by atoms with Crippen LogP contribution in [0.4, 0.5) is 0 Å². The summed E-state index contributed by atoms with van der Waals surface area (Å²) in [5.41, 5.74) is 0. The third-order valence-corrected chi connectivity index (χ3v) is 5.15. The molecule has 2 bridgehead atoms. The Bertz CT molecular complexity index is 160. The van der Waals surface area contributed by atoms with Gasteiger partial charge in [-0.1, -0.05) is 6.42 Å². The van der Waals surface area contributed by atoms with Crippen molar-refractivity contribution in [2.24, 2.45) is 17.8 Å². The molecule has 76 valence electrons. The first-order chi connectivity index (χ1) is 6.40. The zero-order valence-electron chi connectivity index (χ0n) is 8.18. The van der Waals surface area contributed by atoms with Gasteiger partial charge in [-0.05, 0) is 54.9 Å². The fourth-order valence-corrected chi connectivity index (χ4v) is 4.49. The molecule has 2 rings (SSSR count). The van der Waals surface area contributed by atoms with E-state index in [0.29, 0.717) is 0 Å². The van der Waals surface area contributed by atoms with Crippen LogP contribution in [0.15, 0.2) is 0 Å². The number of thioether (sulfide) groups is 1. The average Bonchev–Trinajstić information content (AvgIpc) is 2.73. The summed E-state index contributed by atoms with van der Waals surface area (Å²) in [6.07, 6.45) is 7.35. The van der Waals surface area contributed by atoms with Gasteiger partial charge in [-0.15, -0.1) is 11.6 Å². The van der Waals surface area contributed by atoms with E-state index >= 15 is 0 Å². The van der Waals surface area contributed by atoms with Crippen molar-refractivity contribution in [3.05, 3.63) is 0 Å². The van der Waals surface area contributed by atoms with Gasteiger partial charge < -0.3 is 0 Å². The minimum atomic E-state index is 0.837. The first-order valence-corrected chi connectivity index (χ1v) is 7.22. The van der Waals surface area contributed by atoms with Crippen LogP contribution in [0.3, 0.4) is 0 Å². The molecule has 2 fully saturated rings. The summed E-state index contributed by atoms with van der Waals surface area (Å²) in [6, 6.07) is 0. The van der Waals surface area contributed by atoms with Crippen LogP contribution < -0.4 is 0 Å². The molecule has 13 heavy (non-hydrogen) atoms. The van der Waals surface area contributed by atoms with Crippen LogP contribution >= 0.6 is 23.4 Å². The largest absolute Gasteiger partial charge is 0.162 e. The predicted octanol–water partition coefficient (Wildman–Crippen LogP) is 3.78. The van der Waals surface area contributed by atoms with Crippen LogP contribution in [0, 0.1) is 17.8 Å². The number of rotatable bonds is 5. The van der Waals surface area contributed by atoms with E-state index in [2.05, 4.69) is 11.8 Å². The normalized spacial score (nSPS) is 37.2. The van der Waals surface area contributed by atoms with Crippen LogP contribution in [0.2, 0.25) is 0 Å². The highest BCUT2D eigenvalue weighted by molar-refractivity contribution is 7.99. The van der Waals surface area contributed by atoms with Gasteiger partial charge >= 0.3 is 0 Å². The van der Waals surface area contributed by atoms with Gasteiger partial charge in [0.15, 0.2) is 0 Å². The quantitative estimate of drug-likeness (QED) is 0.500. The Morgan fingerprint density at radius 3 is 2.77 bits per heavy atom. The molecule has 0 spiro atoms. The third kappa shape index (κ3) is 2.56. The van der Waals surface area contributed by atoms with Crippen LogP contribution in [-0.2, 0) is 0 Å². The van der Waals surface area contributed by atoms with E-state index < -0.39 is 0 Å². The maximum atomic E-state index is 5.65. The first kappa shape index (κ1) is 10.2. The van der Waals surface area contributed by atoms with Crippen molar-refractivity contribution < 1.29 is 0 Å². The lowest BCUT2D eigenvalue weighted by atomic mass is 9.90. The number of hydrogen-bond acceptors (Lipinski definition) is 1. The van der Waals surface area contributed by atoms with Gasteiger partial charge in [0, 0.05) is 5.88 Å². The van der Waals surface area contributed by atoms with Gasteiger partial charge in [-0.25, -0.2) is 0 Å². The fraction of sp³-hybridized carbons (Fsp3) is 1.00. The lowest BCUT2D eigenvalue weighted by Gasteiger charge is -2.20. The standard InChI is InChI=1S/C11H19ClS/c12-4-1-5-13-8-11-7-9-2-3-10(11)6-9/h9-11H,1-8H2. The van der Waals surface area contributed by atoms with Gasteiger partial charge in [0.1, 0.15) is 0 Å². The van der Waals surface area contributed by atoms with Crippen LogP contribution in [-0.4, -0.2) is 17.4 Å². The van der Waals surface area contributed by atoms with E-state index in [0.717, 1.165) is 23.6 Å². The molecule has 0 aromatic carbocycles. The highest BCUT2D eigenvalue weighted by atomic mass is 35.5. The summed E-state index contributed by atoms with van der Waals surface area (Å²) in [5.74, 6) is 6.82. The zero-order valence-corrected chi connectivity index (χ0v) is 9.75. The molecule has 2 heteroatoms. The van der Waals surface area contributed by atoms with Gasteiger partial charge in [-0.3, -0.25) is 0 Å². The molecule has 3 atom stereocenters. The fourth-order valence-electron chi connectivity index (χ4n) is 2.97. The number of halogens is 1. The topological polar surface area (TPSA) is 0 Å². The maximum absolute atomic E-state index is 5.65. The average molecular weight is 219 g/mol. The lowest BCUT2D eigenvalue weighted by Crippen LogP contribution is -2.12. The molecule has 0 aromatic rings. The summed E-state index contributed by atoms with van der Waals surface area (Å²) in [6.45, 7) is 0. The molecule has 2 saturated carbocycles. The molecule has 0 aromatic heterocycles.